The van der Waals surface area contributed by atoms with Crippen LogP contribution in [0.1, 0.15) is 29.9 Å². The highest BCUT2D eigenvalue weighted by molar-refractivity contribution is 5.40. The van der Waals surface area contributed by atoms with Crippen LogP contribution in [0.25, 0.3) is 0 Å². The summed E-state index contributed by atoms with van der Waals surface area (Å²) in [5, 5.41) is 0. The third-order valence-corrected chi connectivity index (χ3v) is 3.23. The molecule has 82 valence electrons. The van der Waals surface area contributed by atoms with Gasteiger partial charge in [-0.2, -0.15) is 0 Å². The molecular formula is C13H19NO. The molecule has 1 aliphatic rings. The lowest BCUT2D eigenvalue weighted by Crippen LogP contribution is -2.15. The van der Waals surface area contributed by atoms with Crippen LogP contribution in [-0.4, -0.2) is 13.7 Å². The Morgan fingerprint density at radius 2 is 2.20 bits per heavy atom. The van der Waals surface area contributed by atoms with Gasteiger partial charge in [0.15, 0.2) is 0 Å². The maximum absolute atomic E-state index is 5.86. The fourth-order valence-electron chi connectivity index (χ4n) is 2.22. The Bertz CT molecular complexity index is 344. The molecule has 1 saturated carbocycles. The van der Waals surface area contributed by atoms with Gasteiger partial charge in [0.1, 0.15) is 5.75 Å². The number of benzene rings is 1. The molecule has 0 saturated heterocycles. The van der Waals surface area contributed by atoms with Gasteiger partial charge in [-0.3, -0.25) is 0 Å². The van der Waals surface area contributed by atoms with Crippen LogP contribution in [0.4, 0.5) is 0 Å². The van der Waals surface area contributed by atoms with Gasteiger partial charge >= 0.3 is 0 Å². The molecule has 2 rings (SSSR count). The van der Waals surface area contributed by atoms with E-state index in [0.717, 1.165) is 18.2 Å². The molecule has 1 atom stereocenters. The molecule has 2 nitrogen and oxygen atoms in total. The van der Waals surface area contributed by atoms with Gasteiger partial charge in [-0.1, -0.05) is 17.7 Å². The summed E-state index contributed by atoms with van der Waals surface area (Å²) in [6.45, 7) is 2.84. The standard InChI is InChI=1S/C13H19NO/c1-9-3-6-13(15-2)11(7-9)12(8-14)10-4-5-10/h3,6-7,10,12H,4-5,8,14H2,1-2H3. The highest BCUT2D eigenvalue weighted by atomic mass is 16.5. The lowest BCUT2D eigenvalue weighted by molar-refractivity contribution is 0.402. The second-order valence-corrected chi connectivity index (χ2v) is 4.43. The van der Waals surface area contributed by atoms with Crippen LogP contribution in [0.2, 0.25) is 0 Å². The minimum Gasteiger partial charge on any atom is -0.496 e. The Morgan fingerprint density at radius 1 is 1.47 bits per heavy atom. The van der Waals surface area contributed by atoms with Crippen LogP contribution in [0.5, 0.6) is 5.75 Å². The zero-order valence-electron chi connectivity index (χ0n) is 9.49. The Morgan fingerprint density at radius 3 is 2.73 bits per heavy atom. The Balaban J connectivity index is 2.34. The summed E-state index contributed by atoms with van der Waals surface area (Å²) in [5.41, 5.74) is 8.44. The van der Waals surface area contributed by atoms with Crippen molar-refractivity contribution in [2.24, 2.45) is 11.7 Å². The monoisotopic (exact) mass is 205 g/mol. The first kappa shape index (κ1) is 10.5. The first-order valence-electron chi connectivity index (χ1n) is 5.61. The zero-order chi connectivity index (χ0) is 10.8. The Hall–Kier alpha value is -1.02. The quantitative estimate of drug-likeness (QED) is 0.819. The molecule has 0 radical (unpaired) electrons. The van der Waals surface area contributed by atoms with E-state index in [4.69, 9.17) is 10.5 Å². The van der Waals surface area contributed by atoms with Crippen LogP contribution in [-0.2, 0) is 0 Å². The fraction of sp³-hybridized carbons (Fsp3) is 0.538. The normalized spacial score (nSPS) is 17.5. The molecule has 2 heteroatoms. The van der Waals surface area contributed by atoms with Crippen molar-refractivity contribution in [3.05, 3.63) is 29.3 Å². The van der Waals surface area contributed by atoms with Crippen molar-refractivity contribution in [1.82, 2.24) is 0 Å². The first-order chi connectivity index (χ1) is 7.26. The lowest BCUT2D eigenvalue weighted by atomic mass is 9.92. The lowest BCUT2D eigenvalue weighted by Gasteiger charge is -2.18. The van der Waals surface area contributed by atoms with Crippen LogP contribution in [0.3, 0.4) is 0 Å². The van der Waals surface area contributed by atoms with Crippen molar-refractivity contribution in [2.45, 2.75) is 25.7 Å². The molecule has 1 aromatic carbocycles. The van der Waals surface area contributed by atoms with Gasteiger partial charge in [0.2, 0.25) is 0 Å². The number of methoxy groups -OCH3 is 1. The third-order valence-electron chi connectivity index (χ3n) is 3.23. The van der Waals surface area contributed by atoms with Crippen LogP contribution < -0.4 is 10.5 Å². The van der Waals surface area contributed by atoms with E-state index < -0.39 is 0 Å². The highest BCUT2D eigenvalue weighted by Crippen LogP contribution is 2.44. The number of rotatable bonds is 4. The van der Waals surface area contributed by atoms with E-state index in [1.54, 1.807) is 7.11 Å². The number of hydrogen-bond donors (Lipinski definition) is 1. The minimum atomic E-state index is 0.486. The predicted molar refractivity (Wildman–Crippen MR) is 62.3 cm³/mol. The van der Waals surface area contributed by atoms with E-state index >= 15 is 0 Å². The van der Waals surface area contributed by atoms with Gasteiger partial charge in [0, 0.05) is 5.92 Å². The van der Waals surface area contributed by atoms with E-state index in [-0.39, 0.29) is 0 Å². The van der Waals surface area contributed by atoms with E-state index in [0.29, 0.717) is 5.92 Å². The molecule has 1 aliphatic carbocycles. The van der Waals surface area contributed by atoms with Gasteiger partial charge in [-0.05, 0) is 43.9 Å². The molecule has 0 aliphatic heterocycles. The van der Waals surface area contributed by atoms with Crippen molar-refractivity contribution in [3.8, 4) is 5.75 Å². The van der Waals surface area contributed by atoms with E-state index in [9.17, 15) is 0 Å². The van der Waals surface area contributed by atoms with Gasteiger partial charge in [-0.15, -0.1) is 0 Å². The summed E-state index contributed by atoms with van der Waals surface area (Å²) in [7, 11) is 1.73. The number of ether oxygens (including phenoxy) is 1. The summed E-state index contributed by atoms with van der Waals surface area (Å²) in [4.78, 5) is 0. The average Bonchev–Trinajstić information content (AvgIpc) is 3.04. The second kappa shape index (κ2) is 4.23. The van der Waals surface area contributed by atoms with Crippen LogP contribution >= 0.6 is 0 Å². The second-order valence-electron chi connectivity index (χ2n) is 4.43. The molecular weight excluding hydrogens is 186 g/mol. The minimum absolute atomic E-state index is 0.486. The predicted octanol–water partition coefficient (Wildman–Crippen LogP) is 2.46. The molecule has 0 heterocycles. The van der Waals surface area contributed by atoms with Crippen molar-refractivity contribution in [2.75, 3.05) is 13.7 Å². The highest BCUT2D eigenvalue weighted by Gasteiger charge is 2.32. The van der Waals surface area contributed by atoms with Crippen molar-refractivity contribution >= 4 is 0 Å². The number of nitrogens with two attached hydrogens (primary N) is 1. The summed E-state index contributed by atoms with van der Waals surface area (Å²) < 4.78 is 5.41. The van der Waals surface area contributed by atoms with Crippen molar-refractivity contribution < 1.29 is 4.74 Å². The molecule has 1 unspecified atom stereocenters. The van der Waals surface area contributed by atoms with Gasteiger partial charge in [0.25, 0.3) is 0 Å². The topological polar surface area (TPSA) is 35.2 Å². The molecule has 0 aromatic heterocycles. The van der Waals surface area contributed by atoms with Crippen molar-refractivity contribution in [3.63, 3.8) is 0 Å². The summed E-state index contributed by atoms with van der Waals surface area (Å²) >= 11 is 0. The molecule has 0 spiro atoms. The number of hydrogen-bond acceptors (Lipinski definition) is 2. The molecule has 0 bridgehead atoms. The van der Waals surface area contributed by atoms with Crippen LogP contribution in [0.15, 0.2) is 18.2 Å². The summed E-state index contributed by atoms with van der Waals surface area (Å²) in [6.07, 6.45) is 2.64. The van der Waals surface area contributed by atoms with Gasteiger partial charge < -0.3 is 10.5 Å². The molecule has 1 aromatic rings. The van der Waals surface area contributed by atoms with Crippen LogP contribution in [0, 0.1) is 12.8 Å². The smallest absolute Gasteiger partial charge is 0.122 e. The maximum Gasteiger partial charge on any atom is 0.122 e. The average molecular weight is 205 g/mol. The Labute approximate surface area is 91.4 Å². The third kappa shape index (κ3) is 2.15. The number of aryl methyl sites for hydroxylation is 1. The van der Waals surface area contributed by atoms with Crippen molar-refractivity contribution in [1.29, 1.82) is 0 Å². The summed E-state index contributed by atoms with van der Waals surface area (Å²) in [5.74, 6) is 2.26. The van der Waals surface area contributed by atoms with Gasteiger partial charge in [0.05, 0.1) is 7.11 Å². The summed E-state index contributed by atoms with van der Waals surface area (Å²) in [6, 6.07) is 6.35. The molecule has 15 heavy (non-hydrogen) atoms. The van der Waals surface area contributed by atoms with Gasteiger partial charge in [-0.25, -0.2) is 0 Å². The molecule has 0 amide bonds. The first-order valence-corrected chi connectivity index (χ1v) is 5.61. The van der Waals surface area contributed by atoms with E-state index in [1.807, 2.05) is 0 Å². The largest absolute Gasteiger partial charge is 0.496 e. The zero-order valence-corrected chi connectivity index (χ0v) is 9.49. The van der Waals surface area contributed by atoms with E-state index in [2.05, 4.69) is 25.1 Å². The fourth-order valence-corrected chi connectivity index (χ4v) is 2.22. The van der Waals surface area contributed by atoms with E-state index in [1.165, 1.54) is 24.0 Å². The molecule has 2 N–H and O–H groups in total. The maximum atomic E-state index is 5.86. The Kier molecular flexibility index (Phi) is 2.96. The molecule has 1 fully saturated rings. The SMILES string of the molecule is COc1ccc(C)cc1C(CN)C1CC1.